The Hall–Kier alpha value is -2.47. The molecule has 0 spiro atoms. The standard InChI is InChI=1S/C17H19N3/c1-2-3-11-20(16-7-5-4-6-8-16)17-10-9-15(19)12-14(17)13-18/h4-10,12H,2-3,11,19H2,1H3. The molecule has 2 aromatic rings. The largest absolute Gasteiger partial charge is 0.399 e. The van der Waals surface area contributed by atoms with E-state index in [0.717, 1.165) is 30.8 Å². The summed E-state index contributed by atoms with van der Waals surface area (Å²) in [6.45, 7) is 3.05. The van der Waals surface area contributed by atoms with Crippen LogP contribution in [-0.2, 0) is 0 Å². The maximum absolute atomic E-state index is 9.33. The van der Waals surface area contributed by atoms with Gasteiger partial charge < -0.3 is 10.6 Å². The lowest BCUT2D eigenvalue weighted by atomic mass is 10.1. The summed E-state index contributed by atoms with van der Waals surface area (Å²) in [7, 11) is 0. The zero-order chi connectivity index (χ0) is 14.4. The van der Waals surface area contributed by atoms with E-state index < -0.39 is 0 Å². The van der Waals surface area contributed by atoms with Crippen LogP contribution >= 0.6 is 0 Å². The average molecular weight is 265 g/mol. The van der Waals surface area contributed by atoms with Gasteiger partial charge in [0.1, 0.15) is 6.07 Å². The molecule has 0 aromatic heterocycles. The molecule has 0 bridgehead atoms. The predicted molar refractivity (Wildman–Crippen MR) is 83.9 cm³/mol. The number of nitrogens with two attached hydrogens (primary N) is 1. The van der Waals surface area contributed by atoms with Crippen molar-refractivity contribution >= 4 is 17.1 Å². The molecule has 2 N–H and O–H groups in total. The molecule has 0 heterocycles. The first-order chi connectivity index (χ1) is 9.76. The van der Waals surface area contributed by atoms with E-state index in [1.54, 1.807) is 6.07 Å². The Labute approximate surface area is 120 Å². The van der Waals surface area contributed by atoms with Crippen molar-refractivity contribution in [3.8, 4) is 6.07 Å². The summed E-state index contributed by atoms with van der Waals surface area (Å²) in [6, 6.07) is 17.9. The van der Waals surface area contributed by atoms with Crippen molar-refractivity contribution in [1.82, 2.24) is 0 Å². The van der Waals surface area contributed by atoms with Crippen LogP contribution in [-0.4, -0.2) is 6.54 Å². The van der Waals surface area contributed by atoms with E-state index in [1.165, 1.54) is 0 Å². The molecule has 0 fully saturated rings. The first-order valence-electron chi connectivity index (χ1n) is 6.88. The highest BCUT2D eigenvalue weighted by Crippen LogP contribution is 2.29. The SMILES string of the molecule is CCCCN(c1ccccc1)c1ccc(N)cc1C#N. The molecule has 2 rings (SSSR count). The molecule has 3 nitrogen and oxygen atoms in total. The highest BCUT2D eigenvalue weighted by atomic mass is 15.1. The smallest absolute Gasteiger partial charge is 0.101 e. The van der Waals surface area contributed by atoms with Crippen LogP contribution in [0.4, 0.5) is 17.1 Å². The molecule has 3 heteroatoms. The zero-order valence-electron chi connectivity index (χ0n) is 11.7. The minimum Gasteiger partial charge on any atom is -0.399 e. The number of hydrogen-bond acceptors (Lipinski definition) is 3. The number of anilines is 3. The van der Waals surface area contributed by atoms with E-state index in [1.807, 2.05) is 30.3 Å². The van der Waals surface area contributed by atoms with Gasteiger partial charge in [0.05, 0.1) is 11.3 Å². The van der Waals surface area contributed by atoms with Gasteiger partial charge in [-0.15, -0.1) is 0 Å². The Balaban J connectivity index is 2.44. The normalized spacial score (nSPS) is 10.0. The quantitative estimate of drug-likeness (QED) is 0.829. The summed E-state index contributed by atoms with van der Waals surface area (Å²) in [5, 5.41) is 9.33. The second kappa shape index (κ2) is 6.63. The number of para-hydroxylation sites is 1. The van der Waals surface area contributed by atoms with E-state index in [2.05, 4.69) is 30.0 Å². The van der Waals surface area contributed by atoms with Gasteiger partial charge in [0.25, 0.3) is 0 Å². The van der Waals surface area contributed by atoms with Crippen molar-refractivity contribution < 1.29 is 0 Å². The molecule has 0 atom stereocenters. The zero-order valence-corrected chi connectivity index (χ0v) is 11.7. The van der Waals surface area contributed by atoms with Gasteiger partial charge in [0, 0.05) is 17.9 Å². The molecule has 0 saturated heterocycles. The molecular weight excluding hydrogens is 246 g/mol. The minimum atomic E-state index is 0.616. The van der Waals surface area contributed by atoms with Gasteiger partial charge in [0.2, 0.25) is 0 Å². The number of hydrogen-bond donors (Lipinski definition) is 1. The Bertz CT molecular complexity index is 599. The molecule has 0 saturated carbocycles. The lowest BCUT2D eigenvalue weighted by molar-refractivity contribution is 0.785. The maximum Gasteiger partial charge on any atom is 0.101 e. The molecule has 0 aliphatic carbocycles. The van der Waals surface area contributed by atoms with Crippen LogP contribution in [0.1, 0.15) is 25.3 Å². The van der Waals surface area contributed by atoms with E-state index in [4.69, 9.17) is 5.73 Å². The summed E-state index contributed by atoms with van der Waals surface area (Å²) in [6.07, 6.45) is 2.18. The molecule has 20 heavy (non-hydrogen) atoms. The van der Waals surface area contributed by atoms with Crippen LogP contribution < -0.4 is 10.6 Å². The maximum atomic E-state index is 9.33. The Kier molecular flexibility index (Phi) is 4.62. The van der Waals surface area contributed by atoms with Crippen molar-refractivity contribution in [1.29, 1.82) is 5.26 Å². The Morgan fingerprint density at radius 2 is 1.90 bits per heavy atom. The predicted octanol–water partition coefficient (Wildman–Crippen LogP) is 4.08. The fraction of sp³-hybridized carbons (Fsp3) is 0.235. The molecule has 0 aliphatic heterocycles. The minimum absolute atomic E-state index is 0.616. The second-order valence-corrected chi connectivity index (χ2v) is 4.73. The van der Waals surface area contributed by atoms with Crippen molar-refractivity contribution in [2.45, 2.75) is 19.8 Å². The first-order valence-corrected chi connectivity index (χ1v) is 6.88. The molecule has 2 aromatic carbocycles. The van der Waals surface area contributed by atoms with Gasteiger partial charge in [-0.2, -0.15) is 5.26 Å². The Morgan fingerprint density at radius 1 is 1.15 bits per heavy atom. The summed E-state index contributed by atoms with van der Waals surface area (Å²) >= 11 is 0. The fourth-order valence-electron chi connectivity index (χ4n) is 2.19. The van der Waals surface area contributed by atoms with Gasteiger partial charge >= 0.3 is 0 Å². The van der Waals surface area contributed by atoms with Crippen LogP contribution in [0.25, 0.3) is 0 Å². The van der Waals surface area contributed by atoms with Gasteiger partial charge in [-0.25, -0.2) is 0 Å². The van der Waals surface area contributed by atoms with Crippen molar-refractivity contribution in [2.75, 3.05) is 17.2 Å². The van der Waals surface area contributed by atoms with Crippen LogP contribution in [0.2, 0.25) is 0 Å². The van der Waals surface area contributed by atoms with Gasteiger partial charge in [-0.3, -0.25) is 0 Å². The average Bonchev–Trinajstić information content (AvgIpc) is 2.49. The monoisotopic (exact) mass is 265 g/mol. The number of unbranched alkanes of at least 4 members (excludes halogenated alkanes) is 1. The van der Waals surface area contributed by atoms with Gasteiger partial charge in [0.15, 0.2) is 0 Å². The number of rotatable bonds is 5. The highest BCUT2D eigenvalue weighted by Gasteiger charge is 2.13. The van der Waals surface area contributed by atoms with E-state index in [-0.39, 0.29) is 0 Å². The topological polar surface area (TPSA) is 53.0 Å². The summed E-state index contributed by atoms with van der Waals surface area (Å²) in [4.78, 5) is 2.18. The molecule has 0 amide bonds. The summed E-state index contributed by atoms with van der Waals surface area (Å²) in [5.74, 6) is 0. The highest BCUT2D eigenvalue weighted by molar-refractivity contribution is 5.71. The van der Waals surface area contributed by atoms with Crippen molar-refractivity contribution in [3.05, 3.63) is 54.1 Å². The first kappa shape index (κ1) is 14.0. The van der Waals surface area contributed by atoms with E-state index in [0.29, 0.717) is 11.3 Å². The van der Waals surface area contributed by atoms with Crippen LogP contribution in [0.3, 0.4) is 0 Å². The van der Waals surface area contributed by atoms with Crippen molar-refractivity contribution in [2.24, 2.45) is 0 Å². The lowest BCUT2D eigenvalue weighted by Crippen LogP contribution is -2.19. The second-order valence-electron chi connectivity index (χ2n) is 4.73. The fourth-order valence-corrected chi connectivity index (χ4v) is 2.19. The van der Waals surface area contributed by atoms with Gasteiger partial charge in [-0.05, 0) is 36.8 Å². The van der Waals surface area contributed by atoms with Gasteiger partial charge in [-0.1, -0.05) is 31.5 Å². The summed E-state index contributed by atoms with van der Waals surface area (Å²) in [5.41, 5.74) is 9.02. The van der Waals surface area contributed by atoms with E-state index >= 15 is 0 Å². The molecule has 0 aliphatic rings. The lowest BCUT2D eigenvalue weighted by Gasteiger charge is -2.26. The number of benzene rings is 2. The third kappa shape index (κ3) is 3.10. The van der Waals surface area contributed by atoms with Crippen LogP contribution in [0, 0.1) is 11.3 Å². The number of nitrogens with zero attached hydrogens (tertiary/aromatic N) is 2. The van der Waals surface area contributed by atoms with Crippen LogP contribution in [0.5, 0.6) is 0 Å². The molecule has 0 radical (unpaired) electrons. The van der Waals surface area contributed by atoms with E-state index in [9.17, 15) is 5.26 Å². The molecular formula is C17H19N3. The number of nitriles is 1. The Morgan fingerprint density at radius 3 is 2.55 bits per heavy atom. The van der Waals surface area contributed by atoms with Crippen LogP contribution in [0.15, 0.2) is 48.5 Å². The number of nitrogen functional groups attached to an aromatic ring is 1. The third-order valence-corrected chi connectivity index (χ3v) is 3.23. The molecule has 0 unspecified atom stereocenters. The third-order valence-electron chi connectivity index (χ3n) is 3.23. The summed E-state index contributed by atoms with van der Waals surface area (Å²) < 4.78 is 0. The molecule has 102 valence electrons. The van der Waals surface area contributed by atoms with Crippen molar-refractivity contribution in [3.63, 3.8) is 0 Å².